The summed E-state index contributed by atoms with van der Waals surface area (Å²) in [5.74, 6) is 0. The summed E-state index contributed by atoms with van der Waals surface area (Å²) in [6.45, 7) is 0. The standard InChI is InChI=1S/C10H13NS/c1-4-10(11-8-2-3-8)9-6-12-5-7(1)9/h5-6,8,10-11H,1-4H2. The van der Waals surface area contributed by atoms with Crippen molar-refractivity contribution in [3.8, 4) is 0 Å². The number of fused-ring (bicyclic) bond motifs is 1. The molecule has 0 aliphatic heterocycles. The first-order chi connectivity index (χ1) is 5.93. The summed E-state index contributed by atoms with van der Waals surface area (Å²) in [5.41, 5.74) is 3.19. The highest BCUT2D eigenvalue weighted by Crippen LogP contribution is 2.36. The molecule has 1 atom stereocenters. The fraction of sp³-hybridized carbons (Fsp3) is 0.600. The van der Waals surface area contributed by atoms with E-state index >= 15 is 0 Å². The molecule has 0 amide bonds. The van der Waals surface area contributed by atoms with Gasteiger partial charge in [-0.1, -0.05) is 0 Å². The molecule has 2 heteroatoms. The minimum absolute atomic E-state index is 0.693. The van der Waals surface area contributed by atoms with Gasteiger partial charge in [-0.3, -0.25) is 0 Å². The zero-order valence-corrected chi connectivity index (χ0v) is 7.86. The predicted octanol–water partition coefficient (Wildman–Crippen LogP) is 2.49. The van der Waals surface area contributed by atoms with Crippen LogP contribution in [0, 0.1) is 0 Å². The lowest BCUT2D eigenvalue weighted by molar-refractivity contribution is 0.528. The molecule has 0 spiro atoms. The summed E-state index contributed by atoms with van der Waals surface area (Å²) in [7, 11) is 0. The molecule has 1 unspecified atom stereocenters. The first-order valence-corrected chi connectivity index (χ1v) is 5.69. The number of nitrogens with one attached hydrogen (secondary N) is 1. The molecule has 12 heavy (non-hydrogen) atoms. The summed E-state index contributed by atoms with van der Waals surface area (Å²) >= 11 is 1.85. The van der Waals surface area contributed by atoms with E-state index in [9.17, 15) is 0 Å². The molecule has 0 bridgehead atoms. The van der Waals surface area contributed by atoms with Crippen LogP contribution in [0.2, 0.25) is 0 Å². The molecular weight excluding hydrogens is 166 g/mol. The van der Waals surface area contributed by atoms with Gasteiger partial charge in [0, 0.05) is 12.1 Å². The van der Waals surface area contributed by atoms with Crippen molar-refractivity contribution < 1.29 is 0 Å². The second-order valence-electron chi connectivity index (χ2n) is 3.88. The van der Waals surface area contributed by atoms with Crippen LogP contribution in [0.3, 0.4) is 0 Å². The summed E-state index contributed by atoms with van der Waals surface area (Å²) in [6.07, 6.45) is 5.42. The van der Waals surface area contributed by atoms with Crippen LogP contribution in [-0.2, 0) is 6.42 Å². The quantitative estimate of drug-likeness (QED) is 0.735. The van der Waals surface area contributed by atoms with Crippen molar-refractivity contribution in [2.45, 2.75) is 37.8 Å². The highest BCUT2D eigenvalue weighted by atomic mass is 32.1. The van der Waals surface area contributed by atoms with Crippen molar-refractivity contribution in [1.82, 2.24) is 5.32 Å². The second kappa shape index (κ2) is 2.57. The van der Waals surface area contributed by atoms with Gasteiger partial charge in [0.2, 0.25) is 0 Å². The molecule has 1 heterocycles. The van der Waals surface area contributed by atoms with Crippen molar-refractivity contribution in [2.24, 2.45) is 0 Å². The molecule has 1 fully saturated rings. The fourth-order valence-corrected chi connectivity index (χ4v) is 2.95. The Labute approximate surface area is 76.8 Å². The average Bonchev–Trinajstić information content (AvgIpc) is 2.63. The van der Waals surface area contributed by atoms with Crippen LogP contribution < -0.4 is 5.32 Å². The first kappa shape index (κ1) is 7.10. The van der Waals surface area contributed by atoms with Gasteiger partial charge in [-0.05, 0) is 47.6 Å². The van der Waals surface area contributed by atoms with Crippen LogP contribution in [0.5, 0.6) is 0 Å². The highest BCUT2D eigenvalue weighted by molar-refractivity contribution is 7.08. The molecule has 1 saturated carbocycles. The van der Waals surface area contributed by atoms with E-state index in [-0.39, 0.29) is 0 Å². The predicted molar refractivity (Wildman–Crippen MR) is 51.5 cm³/mol. The van der Waals surface area contributed by atoms with E-state index in [0.717, 1.165) is 6.04 Å². The van der Waals surface area contributed by atoms with Crippen molar-refractivity contribution in [3.63, 3.8) is 0 Å². The van der Waals surface area contributed by atoms with E-state index in [2.05, 4.69) is 16.1 Å². The Morgan fingerprint density at radius 3 is 3.00 bits per heavy atom. The zero-order chi connectivity index (χ0) is 7.97. The van der Waals surface area contributed by atoms with Gasteiger partial charge in [0.05, 0.1) is 0 Å². The number of thiophene rings is 1. The van der Waals surface area contributed by atoms with Crippen molar-refractivity contribution in [3.05, 3.63) is 21.9 Å². The first-order valence-electron chi connectivity index (χ1n) is 4.74. The summed E-state index contributed by atoms with van der Waals surface area (Å²) in [5, 5.41) is 8.33. The van der Waals surface area contributed by atoms with E-state index in [1.807, 2.05) is 11.3 Å². The molecular formula is C10H13NS. The van der Waals surface area contributed by atoms with Crippen LogP contribution in [0.15, 0.2) is 10.8 Å². The van der Waals surface area contributed by atoms with Crippen molar-refractivity contribution in [2.75, 3.05) is 0 Å². The lowest BCUT2D eigenvalue weighted by Crippen LogP contribution is -2.20. The molecule has 2 aliphatic carbocycles. The molecule has 1 aromatic rings. The molecule has 64 valence electrons. The van der Waals surface area contributed by atoms with E-state index in [1.165, 1.54) is 25.7 Å². The third-order valence-electron chi connectivity index (χ3n) is 2.87. The summed E-state index contributed by atoms with van der Waals surface area (Å²) in [6, 6.07) is 1.54. The summed E-state index contributed by atoms with van der Waals surface area (Å²) in [4.78, 5) is 0. The minimum atomic E-state index is 0.693. The number of hydrogen-bond acceptors (Lipinski definition) is 2. The molecule has 0 saturated heterocycles. The Morgan fingerprint density at radius 2 is 2.17 bits per heavy atom. The second-order valence-corrected chi connectivity index (χ2v) is 4.63. The maximum atomic E-state index is 3.70. The largest absolute Gasteiger partial charge is 0.307 e. The lowest BCUT2D eigenvalue weighted by Gasteiger charge is -2.10. The van der Waals surface area contributed by atoms with E-state index in [0.29, 0.717) is 6.04 Å². The van der Waals surface area contributed by atoms with Crippen LogP contribution in [-0.4, -0.2) is 6.04 Å². The topological polar surface area (TPSA) is 12.0 Å². The molecule has 1 nitrogen and oxygen atoms in total. The smallest absolute Gasteiger partial charge is 0.0336 e. The number of hydrogen-bond donors (Lipinski definition) is 1. The Morgan fingerprint density at radius 1 is 1.25 bits per heavy atom. The van der Waals surface area contributed by atoms with Crippen LogP contribution in [0.1, 0.15) is 36.4 Å². The van der Waals surface area contributed by atoms with E-state index < -0.39 is 0 Å². The van der Waals surface area contributed by atoms with Crippen molar-refractivity contribution >= 4 is 11.3 Å². The van der Waals surface area contributed by atoms with Gasteiger partial charge in [0.25, 0.3) is 0 Å². The third kappa shape index (κ3) is 1.10. The molecule has 0 aromatic carbocycles. The monoisotopic (exact) mass is 179 g/mol. The van der Waals surface area contributed by atoms with Gasteiger partial charge >= 0.3 is 0 Å². The highest BCUT2D eigenvalue weighted by Gasteiger charge is 2.29. The van der Waals surface area contributed by atoms with Gasteiger partial charge in [-0.25, -0.2) is 0 Å². The van der Waals surface area contributed by atoms with Gasteiger partial charge in [0.15, 0.2) is 0 Å². The Hall–Kier alpha value is -0.340. The van der Waals surface area contributed by atoms with Crippen LogP contribution in [0.25, 0.3) is 0 Å². The fourth-order valence-electron chi connectivity index (χ4n) is 2.01. The maximum absolute atomic E-state index is 3.70. The van der Waals surface area contributed by atoms with Gasteiger partial charge in [0.1, 0.15) is 0 Å². The van der Waals surface area contributed by atoms with Gasteiger partial charge in [-0.15, -0.1) is 0 Å². The van der Waals surface area contributed by atoms with E-state index in [4.69, 9.17) is 0 Å². The minimum Gasteiger partial charge on any atom is -0.307 e. The number of rotatable bonds is 2. The normalized spacial score (nSPS) is 27.5. The van der Waals surface area contributed by atoms with E-state index in [1.54, 1.807) is 11.1 Å². The molecule has 2 aliphatic rings. The van der Waals surface area contributed by atoms with Gasteiger partial charge in [-0.2, -0.15) is 11.3 Å². The SMILES string of the molecule is c1scc2c1CCC2NC1CC1. The molecule has 1 N–H and O–H groups in total. The Bertz CT molecular complexity index is 288. The van der Waals surface area contributed by atoms with Gasteiger partial charge < -0.3 is 5.32 Å². The molecule has 3 rings (SSSR count). The third-order valence-corrected chi connectivity index (χ3v) is 3.68. The van der Waals surface area contributed by atoms with Crippen LogP contribution >= 0.6 is 11.3 Å². The average molecular weight is 179 g/mol. The number of aryl methyl sites for hydroxylation is 1. The maximum Gasteiger partial charge on any atom is 0.0336 e. The molecule has 1 aromatic heterocycles. The summed E-state index contributed by atoms with van der Waals surface area (Å²) < 4.78 is 0. The molecule has 0 radical (unpaired) electrons. The lowest BCUT2D eigenvalue weighted by atomic mass is 10.2. The van der Waals surface area contributed by atoms with Crippen molar-refractivity contribution in [1.29, 1.82) is 0 Å². The van der Waals surface area contributed by atoms with Crippen LogP contribution in [0.4, 0.5) is 0 Å². The zero-order valence-electron chi connectivity index (χ0n) is 7.05. The Kier molecular flexibility index (Phi) is 1.52. The Balaban J connectivity index is 1.80.